The van der Waals surface area contributed by atoms with Crippen molar-refractivity contribution in [2.24, 2.45) is 0 Å². The number of benzene rings is 1. The highest BCUT2D eigenvalue weighted by molar-refractivity contribution is 7.91. The van der Waals surface area contributed by atoms with Gasteiger partial charge in [-0.15, -0.1) is 0 Å². The molecule has 22 heavy (non-hydrogen) atoms. The quantitative estimate of drug-likeness (QED) is 0.669. The number of halogens is 1. The maximum Gasteiger partial charge on any atom is 0.235 e. The average Bonchev–Trinajstić information content (AvgIpc) is 2.48. The molecule has 0 saturated carbocycles. The van der Waals surface area contributed by atoms with Crippen LogP contribution in [-0.2, 0) is 14.6 Å². The van der Waals surface area contributed by atoms with E-state index in [0.717, 1.165) is 38.3 Å². The van der Waals surface area contributed by atoms with Gasteiger partial charge in [0.05, 0.1) is 43.9 Å². The number of amides is 1. The molecular weight excluding hydrogens is 309 g/mol. The van der Waals surface area contributed by atoms with Gasteiger partial charge < -0.3 is 4.90 Å². The van der Waals surface area contributed by atoms with Crippen molar-refractivity contribution >= 4 is 15.7 Å². The first kappa shape index (κ1) is 16.9. The molecule has 0 aliphatic carbocycles. The monoisotopic (exact) mass is 330 g/mol. The van der Waals surface area contributed by atoms with Gasteiger partial charge in [-0.05, 0) is 24.3 Å². The maximum atomic E-state index is 12.8. The minimum atomic E-state index is -3.57. The van der Waals surface area contributed by atoms with Crippen LogP contribution in [0.2, 0.25) is 0 Å². The summed E-state index contributed by atoms with van der Waals surface area (Å²) in [7, 11) is -1.48. The zero-order valence-corrected chi connectivity index (χ0v) is 13.3. The third-order valence-electron chi connectivity index (χ3n) is 3.67. The summed E-state index contributed by atoms with van der Waals surface area (Å²) in [6, 6.07) is 4.62. The second kappa shape index (κ2) is 7.17. The van der Waals surface area contributed by atoms with Crippen LogP contribution in [0.1, 0.15) is 6.42 Å². The van der Waals surface area contributed by atoms with E-state index in [2.05, 4.69) is 12.5 Å². The van der Waals surface area contributed by atoms with Gasteiger partial charge in [0.2, 0.25) is 5.91 Å². The average molecular weight is 330 g/mol. The van der Waals surface area contributed by atoms with Gasteiger partial charge in [0.1, 0.15) is 5.82 Å². The second-order valence-electron chi connectivity index (χ2n) is 5.50. The molecular formula is C14H21FN3O3S+. The maximum absolute atomic E-state index is 12.8. The van der Waals surface area contributed by atoms with E-state index in [4.69, 9.17) is 0 Å². The van der Waals surface area contributed by atoms with Gasteiger partial charge in [0.15, 0.2) is 9.84 Å². The fourth-order valence-electron chi connectivity index (χ4n) is 2.22. The third-order valence-corrected chi connectivity index (χ3v) is 5.40. The van der Waals surface area contributed by atoms with Crippen molar-refractivity contribution in [2.75, 3.05) is 39.0 Å². The van der Waals surface area contributed by atoms with Crippen LogP contribution in [0.4, 0.5) is 4.39 Å². The van der Waals surface area contributed by atoms with Crippen molar-refractivity contribution in [3.05, 3.63) is 30.1 Å². The molecule has 1 saturated heterocycles. The number of piperazine rings is 1. The molecule has 0 aromatic heterocycles. The van der Waals surface area contributed by atoms with Crippen molar-refractivity contribution in [3.63, 3.8) is 0 Å². The van der Waals surface area contributed by atoms with Crippen molar-refractivity contribution in [1.29, 1.82) is 0 Å². The Labute approximate surface area is 129 Å². The lowest BCUT2D eigenvalue weighted by atomic mass is 10.3. The van der Waals surface area contributed by atoms with Gasteiger partial charge in [-0.25, -0.2) is 17.8 Å². The van der Waals surface area contributed by atoms with Crippen LogP contribution in [0.3, 0.4) is 0 Å². The van der Waals surface area contributed by atoms with Gasteiger partial charge in [-0.1, -0.05) is 0 Å². The van der Waals surface area contributed by atoms with Crippen LogP contribution < -0.4 is 10.3 Å². The number of quaternary nitrogens is 1. The number of rotatable bonds is 5. The number of hydrogen-bond donors (Lipinski definition) is 2. The lowest BCUT2D eigenvalue weighted by Crippen LogP contribution is -3.12. The third kappa shape index (κ3) is 4.75. The van der Waals surface area contributed by atoms with Crippen LogP contribution in [0, 0.1) is 5.82 Å². The lowest BCUT2D eigenvalue weighted by Gasteiger charge is -2.30. The van der Waals surface area contributed by atoms with E-state index in [0.29, 0.717) is 0 Å². The van der Waals surface area contributed by atoms with Crippen molar-refractivity contribution < 1.29 is 22.5 Å². The first-order valence-corrected chi connectivity index (χ1v) is 8.86. The normalized spacial score (nSPS) is 17.4. The molecule has 1 aliphatic rings. The fraction of sp³-hybridized carbons (Fsp3) is 0.500. The molecule has 1 aromatic carbocycles. The number of hydrogen-bond acceptors (Lipinski definition) is 4. The van der Waals surface area contributed by atoms with Gasteiger partial charge in [0.25, 0.3) is 0 Å². The van der Waals surface area contributed by atoms with E-state index in [1.165, 1.54) is 17.0 Å². The predicted octanol–water partition coefficient (Wildman–Crippen LogP) is -1.15. The molecule has 8 heteroatoms. The molecule has 0 spiro atoms. The fourth-order valence-corrected chi connectivity index (χ4v) is 3.46. The second-order valence-corrected chi connectivity index (χ2v) is 7.61. The Morgan fingerprint density at radius 1 is 1.27 bits per heavy atom. The topological polar surface area (TPSA) is 70.9 Å². The molecule has 0 radical (unpaired) electrons. The molecule has 122 valence electrons. The van der Waals surface area contributed by atoms with E-state index < -0.39 is 15.7 Å². The number of carbonyl (C=O) groups is 1. The van der Waals surface area contributed by atoms with Crippen LogP contribution >= 0.6 is 0 Å². The highest BCUT2D eigenvalue weighted by Gasteiger charge is 2.20. The van der Waals surface area contributed by atoms with Gasteiger partial charge in [-0.3, -0.25) is 10.2 Å². The SMILES string of the molecule is C[NH+]1CCN(NC(=O)CCS(=O)(=O)c2ccc(F)cc2)CC1. The van der Waals surface area contributed by atoms with E-state index in [1.807, 2.05) is 5.01 Å². The standard InChI is InChI=1S/C14H20FN3O3S/c1-17-7-9-18(10-8-17)16-14(19)6-11-22(20,21)13-4-2-12(15)3-5-13/h2-5H,6-11H2,1H3,(H,16,19)/p+1. The first-order chi connectivity index (χ1) is 10.4. The van der Waals surface area contributed by atoms with Gasteiger partial charge in [-0.2, -0.15) is 0 Å². The Balaban J connectivity index is 1.83. The molecule has 1 amide bonds. The molecule has 1 heterocycles. The number of hydrazine groups is 1. The van der Waals surface area contributed by atoms with Crippen LogP contribution in [-0.4, -0.2) is 58.3 Å². The summed E-state index contributed by atoms with van der Waals surface area (Å²) in [6.07, 6.45) is -0.112. The molecule has 2 N–H and O–H groups in total. The van der Waals surface area contributed by atoms with E-state index in [1.54, 1.807) is 0 Å². The number of nitrogens with zero attached hydrogens (tertiary/aromatic N) is 1. The lowest BCUT2D eigenvalue weighted by molar-refractivity contribution is -0.884. The summed E-state index contributed by atoms with van der Waals surface area (Å²) < 4.78 is 36.9. The summed E-state index contributed by atoms with van der Waals surface area (Å²) in [5.41, 5.74) is 2.73. The number of likely N-dealkylation sites (N-methyl/N-ethyl adjacent to an activating group) is 1. The largest absolute Gasteiger partial charge is 0.335 e. The molecule has 1 aliphatic heterocycles. The van der Waals surface area contributed by atoms with Crippen LogP contribution in [0.25, 0.3) is 0 Å². The van der Waals surface area contributed by atoms with Gasteiger partial charge >= 0.3 is 0 Å². The highest BCUT2D eigenvalue weighted by atomic mass is 32.2. The summed E-state index contributed by atoms with van der Waals surface area (Å²) in [4.78, 5) is 13.3. The zero-order valence-electron chi connectivity index (χ0n) is 12.5. The molecule has 6 nitrogen and oxygen atoms in total. The predicted molar refractivity (Wildman–Crippen MR) is 79.4 cm³/mol. The number of carbonyl (C=O) groups excluding carboxylic acids is 1. The minimum absolute atomic E-state index is 0.0323. The smallest absolute Gasteiger partial charge is 0.235 e. The molecule has 0 bridgehead atoms. The van der Waals surface area contributed by atoms with E-state index in [-0.39, 0.29) is 23.0 Å². The Bertz CT molecular complexity index is 611. The molecule has 1 fully saturated rings. The zero-order chi connectivity index (χ0) is 16.2. The Morgan fingerprint density at radius 3 is 2.45 bits per heavy atom. The molecule has 0 atom stereocenters. The Hall–Kier alpha value is -1.51. The summed E-state index contributed by atoms with van der Waals surface area (Å²) in [5.74, 6) is -1.09. The van der Waals surface area contributed by atoms with E-state index >= 15 is 0 Å². The number of sulfone groups is 1. The van der Waals surface area contributed by atoms with Crippen molar-refractivity contribution in [3.8, 4) is 0 Å². The summed E-state index contributed by atoms with van der Waals surface area (Å²) in [5, 5.41) is 1.82. The van der Waals surface area contributed by atoms with Crippen molar-refractivity contribution in [1.82, 2.24) is 10.4 Å². The van der Waals surface area contributed by atoms with Gasteiger partial charge in [0, 0.05) is 6.42 Å². The van der Waals surface area contributed by atoms with Crippen LogP contribution in [0.5, 0.6) is 0 Å². The molecule has 2 rings (SSSR count). The Morgan fingerprint density at radius 2 is 1.86 bits per heavy atom. The van der Waals surface area contributed by atoms with E-state index in [9.17, 15) is 17.6 Å². The molecule has 0 unspecified atom stereocenters. The molecule has 1 aromatic rings. The Kier molecular flexibility index (Phi) is 5.49. The summed E-state index contributed by atoms with van der Waals surface area (Å²) >= 11 is 0. The van der Waals surface area contributed by atoms with Crippen LogP contribution in [0.15, 0.2) is 29.2 Å². The number of nitrogens with one attached hydrogen (secondary N) is 2. The first-order valence-electron chi connectivity index (χ1n) is 7.21. The summed E-state index contributed by atoms with van der Waals surface area (Å²) in [6.45, 7) is 3.38. The minimum Gasteiger partial charge on any atom is -0.335 e. The van der Waals surface area contributed by atoms with Crippen molar-refractivity contribution in [2.45, 2.75) is 11.3 Å². The highest BCUT2D eigenvalue weighted by Crippen LogP contribution is 2.12.